The van der Waals surface area contributed by atoms with Crippen molar-refractivity contribution in [1.29, 1.82) is 0 Å². The number of fused-ring (bicyclic) bond motifs is 2. The lowest BCUT2D eigenvalue weighted by atomic mass is 10.1. The number of hydrogen-bond acceptors (Lipinski definition) is 2. The lowest BCUT2D eigenvalue weighted by Gasteiger charge is -2.26. The summed E-state index contributed by atoms with van der Waals surface area (Å²) in [5.74, 6) is 1.61. The highest BCUT2D eigenvalue weighted by Crippen LogP contribution is 2.48. The lowest BCUT2D eigenvalue weighted by molar-refractivity contribution is 0.183. The van der Waals surface area contributed by atoms with Gasteiger partial charge in [-0.2, -0.15) is 0 Å². The highest BCUT2D eigenvalue weighted by atomic mass is 28.3. The van der Waals surface area contributed by atoms with Crippen LogP contribution >= 0.6 is 0 Å². The predicted molar refractivity (Wildman–Crippen MR) is 68.7 cm³/mol. The maximum Gasteiger partial charge on any atom is 0.325 e. The molecule has 0 aromatic rings. The van der Waals surface area contributed by atoms with Crippen LogP contribution in [0.15, 0.2) is 12.2 Å². The molecule has 16 heavy (non-hydrogen) atoms. The monoisotopic (exact) mass is 240 g/mol. The molecular weight excluding hydrogens is 216 g/mol. The van der Waals surface area contributed by atoms with Gasteiger partial charge in [-0.3, -0.25) is 0 Å². The summed E-state index contributed by atoms with van der Waals surface area (Å²) >= 11 is 0. The average Bonchev–Trinajstić information content (AvgIpc) is 2.91. The Hall–Kier alpha value is -0.123. The van der Waals surface area contributed by atoms with Crippen LogP contribution in [0.2, 0.25) is 5.54 Å². The summed E-state index contributed by atoms with van der Waals surface area (Å²) in [6.07, 6.45) is 9.70. The summed E-state index contributed by atoms with van der Waals surface area (Å²) in [6.45, 7) is 6.12. The van der Waals surface area contributed by atoms with Gasteiger partial charge in [0.15, 0.2) is 0 Å². The van der Waals surface area contributed by atoms with Crippen molar-refractivity contribution in [3.63, 3.8) is 0 Å². The predicted octanol–water partition coefficient (Wildman–Crippen LogP) is 3.03. The molecule has 0 aromatic heterocycles. The average molecular weight is 240 g/mol. The van der Waals surface area contributed by atoms with Crippen LogP contribution in [0.5, 0.6) is 0 Å². The van der Waals surface area contributed by atoms with E-state index in [2.05, 4.69) is 26.0 Å². The largest absolute Gasteiger partial charge is 0.396 e. The van der Waals surface area contributed by atoms with Crippen molar-refractivity contribution in [3.8, 4) is 0 Å². The Kier molecular flexibility index (Phi) is 4.62. The van der Waals surface area contributed by atoms with Crippen molar-refractivity contribution in [2.45, 2.75) is 45.1 Å². The van der Waals surface area contributed by atoms with E-state index in [4.69, 9.17) is 8.85 Å². The molecular formula is C13H24O2Si. The Labute approximate surface area is 101 Å². The van der Waals surface area contributed by atoms with Gasteiger partial charge in [0.1, 0.15) is 0 Å². The van der Waals surface area contributed by atoms with Crippen LogP contribution in [0, 0.1) is 11.8 Å². The van der Waals surface area contributed by atoms with Gasteiger partial charge in [0.05, 0.1) is 0 Å². The van der Waals surface area contributed by atoms with Crippen LogP contribution in [0.4, 0.5) is 0 Å². The highest BCUT2D eigenvalue weighted by molar-refractivity contribution is 6.46. The van der Waals surface area contributed by atoms with Gasteiger partial charge in [-0.05, 0) is 37.5 Å². The van der Waals surface area contributed by atoms with E-state index in [9.17, 15) is 0 Å². The van der Waals surface area contributed by atoms with Crippen molar-refractivity contribution >= 4 is 9.28 Å². The molecule has 0 amide bonds. The standard InChI is InChI=1S/C13H24O2Si/c1-3-7-14-16(15-8-4-2)13-10-11-5-6-12(13)9-11/h5-6,11-13,16H,3-4,7-10H2,1-2H3. The molecule has 0 radical (unpaired) electrons. The van der Waals surface area contributed by atoms with E-state index in [-0.39, 0.29) is 0 Å². The molecule has 0 aliphatic heterocycles. The van der Waals surface area contributed by atoms with Gasteiger partial charge in [0, 0.05) is 18.8 Å². The Morgan fingerprint density at radius 1 is 1.06 bits per heavy atom. The first-order chi connectivity index (χ1) is 7.85. The molecule has 1 saturated carbocycles. The van der Waals surface area contributed by atoms with Gasteiger partial charge in [0.2, 0.25) is 0 Å². The van der Waals surface area contributed by atoms with Gasteiger partial charge >= 0.3 is 9.28 Å². The van der Waals surface area contributed by atoms with Crippen molar-refractivity contribution in [2.24, 2.45) is 11.8 Å². The minimum Gasteiger partial charge on any atom is -0.396 e. The van der Waals surface area contributed by atoms with Crippen molar-refractivity contribution in [1.82, 2.24) is 0 Å². The highest BCUT2D eigenvalue weighted by Gasteiger charge is 2.42. The lowest BCUT2D eigenvalue weighted by Crippen LogP contribution is -2.32. The molecule has 2 aliphatic carbocycles. The van der Waals surface area contributed by atoms with Crippen LogP contribution in [0.25, 0.3) is 0 Å². The second-order valence-electron chi connectivity index (χ2n) is 5.05. The third-order valence-corrected chi connectivity index (χ3v) is 6.25. The topological polar surface area (TPSA) is 18.5 Å². The first-order valence-electron chi connectivity index (χ1n) is 6.76. The summed E-state index contributed by atoms with van der Waals surface area (Å²) in [5, 5.41) is 0. The molecule has 2 bridgehead atoms. The second kappa shape index (κ2) is 5.99. The molecule has 2 aliphatic rings. The fourth-order valence-electron chi connectivity index (χ4n) is 2.90. The van der Waals surface area contributed by atoms with Gasteiger partial charge in [-0.1, -0.05) is 26.0 Å². The maximum absolute atomic E-state index is 6.01. The zero-order valence-electron chi connectivity index (χ0n) is 10.5. The maximum atomic E-state index is 6.01. The summed E-state index contributed by atoms with van der Waals surface area (Å²) < 4.78 is 12.0. The van der Waals surface area contributed by atoms with Crippen LogP contribution in [-0.4, -0.2) is 22.5 Å². The molecule has 3 atom stereocenters. The van der Waals surface area contributed by atoms with E-state index in [1.54, 1.807) is 0 Å². The number of hydrogen-bond donors (Lipinski definition) is 0. The number of allylic oxidation sites excluding steroid dienone is 2. The van der Waals surface area contributed by atoms with E-state index >= 15 is 0 Å². The van der Waals surface area contributed by atoms with Crippen molar-refractivity contribution < 1.29 is 8.85 Å². The van der Waals surface area contributed by atoms with Crippen molar-refractivity contribution in [3.05, 3.63) is 12.2 Å². The van der Waals surface area contributed by atoms with E-state index in [0.717, 1.165) is 43.4 Å². The van der Waals surface area contributed by atoms with Gasteiger partial charge < -0.3 is 8.85 Å². The van der Waals surface area contributed by atoms with E-state index in [1.807, 2.05) is 0 Å². The van der Waals surface area contributed by atoms with Gasteiger partial charge in [-0.15, -0.1) is 0 Å². The van der Waals surface area contributed by atoms with Crippen LogP contribution < -0.4 is 0 Å². The summed E-state index contributed by atoms with van der Waals surface area (Å²) in [7, 11) is -1.42. The first kappa shape index (κ1) is 12.3. The molecule has 2 rings (SSSR count). The number of rotatable bonds is 7. The Bertz CT molecular complexity index is 234. The van der Waals surface area contributed by atoms with E-state index < -0.39 is 9.28 Å². The first-order valence-corrected chi connectivity index (χ1v) is 8.37. The van der Waals surface area contributed by atoms with Gasteiger partial charge in [0.25, 0.3) is 0 Å². The normalized spacial score (nSPS) is 31.8. The van der Waals surface area contributed by atoms with E-state index in [1.165, 1.54) is 12.8 Å². The molecule has 0 spiro atoms. The Morgan fingerprint density at radius 3 is 2.19 bits per heavy atom. The summed E-state index contributed by atoms with van der Waals surface area (Å²) in [6, 6.07) is 0. The molecule has 0 aromatic carbocycles. The van der Waals surface area contributed by atoms with E-state index in [0.29, 0.717) is 0 Å². The van der Waals surface area contributed by atoms with Crippen LogP contribution in [-0.2, 0) is 8.85 Å². The van der Waals surface area contributed by atoms with Crippen molar-refractivity contribution in [2.75, 3.05) is 13.2 Å². The molecule has 0 N–H and O–H groups in total. The minimum atomic E-state index is -1.42. The molecule has 3 heteroatoms. The quantitative estimate of drug-likeness (QED) is 0.503. The zero-order chi connectivity index (χ0) is 11.4. The molecule has 1 fully saturated rings. The third kappa shape index (κ3) is 2.76. The fourth-order valence-corrected chi connectivity index (χ4v) is 5.69. The minimum absolute atomic E-state index is 0.744. The Balaban J connectivity index is 1.87. The smallest absolute Gasteiger partial charge is 0.325 e. The van der Waals surface area contributed by atoms with Gasteiger partial charge in [-0.25, -0.2) is 0 Å². The molecule has 3 unspecified atom stereocenters. The van der Waals surface area contributed by atoms with Crippen LogP contribution in [0.1, 0.15) is 39.5 Å². The molecule has 92 valence electrons. The Morgan fingerprint density at radius 2 is 1.75 bits per heavy atom. The molecule has 0 heterocycles. The third-order valence-electron chi connectivity index (χ3n) is 3.65. The zero-order valence-corrected chi connectivity index (χ0v) is 11.7. The fraction of sp³-hybridized carbons (Fsp3) is 0.846. The summed E-state index contributed by atoms with van der Waals surface area (Å²) in [4.78, 5) is 0. The molecule has 0 saturated heterocycles. The summed E-state index contributed by atoms with van der Waals surface area (Å²) in [5.41, 5.74) is 0.744. The second-order valence-corrected chi connectivity index (χ2v) is 7.31. The van der Waals surface area contributed by atoms with Crippen LogP contribution in [0.3, 0.4) is 0 Å². The molecule has 2 nitrogen and oxygen atoms in total. The SMILES string of the molecule is CCCO[SiH](OCCC)C1CC2C=CC1C2.